The lowest BCUT2D eigenvalue weighted by Crippen LogP contribution is -2.40. The number of carbonyl (C=O) groups is 2. The molecule has 2 aliphatic rings. The van der Waals surface area contributed by atoms with Gasteiger partial charge in [0.05, 0.1) is 13.5 Å². The Bertz CT molecular complexity index is 492. The number of esters is 1. The van der Waals surface area contributed by atoms with Crippen LogP contribution in [0.5, 0.6) is 0 Å². The molecule has 4 heteroatoms. The molecule has 2 aliphatic carbocycles. The van der Waals surface area contributed by atoms with Crippen LogP contribution >= 0.6 is 0 Å². The zero-order valence-electron chi connectivity index (χ0n) is 17.5. The van der Waals surface area contributed by atoms with E-state index >= 15 is 0 Å². The number of ether oxygens (including phenoxy) is 1. The molecule has 0 atom stereocenters. The molecule has 0 unspecified atom stereocenters. The Morgan fingerprint density at radius 2 is 1.93 bits per heavy atom. The predicted molar refractivity (Wildman–Crippen MR) is 109 cm³/mol. The van der Waals surface area contributed by atoms with Crippen LogP contribution in [0.25, 0.3) is 0 Å². The standard InChI is InChI=1S/C23H39NO3/c1-3-4-8-20-11-13-21(14-12-20)23(26)24(18-16-22(25)27-2)17-15-19-9-6-5-7-10-19/h9,20-21H,3-8,10-18H2,1-2H3. The molecular formula is C23H39NO3. The highest BCUT2D eigenvalue weighted by molar-refractivity contribution is 5.79. The molecule has 0 aliphatic heterocycles. The molecule has 1 amide bonds. The first-order chi connectivity index (χ1) is 13.1. The number of rotatable bonds is 10. The average Bonchev–Trinajstić information content (AvgIpc) is 2.72. The second-order valence-electron chi connectivity index (χ2n) is 8.37. The summed E-state index contributed by atoms with van der Waals surface area (Å²) < 4.78 is 4.78. The van der Waals surface area contributed by atoms with Crippen molar-refractivity contribution >= 4 is 11.9 Å². The van der Waals surface area contributed by atoms with Gasteiger partial charge in [-0.05, 0) is 63.7 Å². The molecule has 0 aromatic heterocycles. The van der Waals surface area contributed by atoms with Gasteiger partial charge in [0.1, 0.15) is 0 Å². The van der Waals surface area contributed by atoms with E-state index in [0.717, 1.165) is 31.7 Å². The van der Waals surface area contributed by atoms with Gasteiger partial charge in [0.2, 0.25) is 5.91 Å². The number of methoxy groups -OCH3 is 1. The third-order valence-corrected chi connectivity index (χ3v) is 6.37. The van der Waals surface area contributed by atoms with Crippen molar-refractivity contribution in [3.63, 3.8) is 0 Å². The van der Waals surface area contributed by atoms with E-state index < -0.39 is 0 Å². The lowest BCUT2D eigenvalue weighted by atomic mass is 9.79. The summed E-state index contributed by atoms with van der Waals surface area (Å²) in [5.74, 6) is 1.00. The van der Waals surface area contributed by atoms with Gasteiger partial charge in [0.15, 0.2) is 0 Å². The molecule has 0 aromatic rings. The van der Waals surface area contributed by atoms with Crippen LogP contribution in [0.4, 0.5) is 0 Å². The summed E-state index contributed by atoms with van der Waals surface area (Å²) in [5.41, 5.74) is 1.49. The Balaban J connectivity index is 1.87. The third-order valence-electron chi connectivity index (χ3n) is 6.37. The molecule has 0 N–H and O–H groups in total. The van der Waals surface area contributed by atoms with E-state index in [9.17, 15) is 9.59 Å². The lowest BCUT2D eigenvalue weighted by Gasteiger charge is -2.32. The van der Waals surface area contributed by atoms with Gasteiger partial charge in [0, 0.05) is 19.0 Å². The molecule has 0 spiro atoms. The van der Waals surface area contributed by atoms with Crippen LogP contribution in [0.1, 0.15) is 90.4 Å². The number of hydrogen-bond donors (Lipinski definition) is 0. The van der Waals surface area contributed by atoms with Crippen molar-refractivity contribution in [1.82, 2.24) is 4.90 Å². The van der Waals surface area contributed by atoms with Crippen molar-refractivity contribution in [2.75, 3.05) is 20.2 Å². The van der Waals surface area contributed by atoms with Gasteiger partial charge in [-0.3, -0.25) is 9.59 Å². The number of carbonyl (C=O) groups excluding carboxylic acids is 2. The fourth-order valence-electron chi connectivity index (χ4n) is 4.52. The highest BCUT2D eigenvalue weighted by Gasteiger charge is 2.29. The summed E-state index contributed by atoms with van der Waals surface area (Å²) >= 11 is 0. The molecule has 0 radical (unpaired) electrons. The molecule has 0 heterocycles. The van der Waals surface area contributed by atoms with E-state index in [4.69, 9.17) is 4.74 Å². The van der Waals surface area contributed by atoms with Crippen LogP contribution in [-0.4, -0.2) is 37.0 Å². The zero-order chi connectivity index (χ0) is 19.5. The van der Waals surface area contributed by atoms with Gasteiger partial charge in [-0.25, -0.2) is 0 Å². The summed E-state index contributed by atoms with van der Waals surface area (Å²) in [5, 5.41) is 0. The SMILES string of the molecule is CCCCC1CCC(C(=O)N(CCC(=O)OC)CCC2=CCCCC2)CC1. The molecule has 1 fully saturated rings. The van der Waals surface area contributed by atoms with Gasteiger partial charge in [-0.15, -0.1) is 0 Å². The summed E-state index contributed by atoms with van der Waals surface area (Å²) in [6, 6.07) is 0. The highest BCUT2D eigenvalue weighted by atomic mass is 16.5. The number of allylic oxidation sites excluding steroid dienone is 1. The number of nitrogens with zero attached hydrogens (tertiary/aromatic N) is 1. The Labute approximate surface area is 165 Å². The van der Waals surface area contributed by atoms with E-state index in [1.54, 1.807) is 0 Å². The third kappa shape index (κ3) is 7.67. The van der Waals surface area contributed by atoms with E-state index in [1.807, 2.05) is 4.90 Å². The molecule has 0 saturated heterocycles. The largest absolute Gasteiger partial charge is 0.469 e. The van der Waals surface area contributed by atoms with Crippen molar-refractivity contribution in [2.45, 2.75) is 90.4 Å². The highest BCUT2D eigenvalue weighted by Crippen LogP contribution is 2.33. The maximum absolute atomic E-state index is 13.1. The van der Waals surface area contributed by atoms with Crippen LogP contribution in [-0.2, 0) is 14.3 Å². The maximum Gasteiger partial charge on any atom is 0.307 e. The summed E-state index contributed by atoms with van der Waals surface area (Å²) in [7, 11) is 1.42. The molecule has 4 nitrogen and oxygen atoms in total. The number of unbranched alkanes of at least 4 members (excludes halogenated alkanes) is 1. The number of amides is 1. The predicted octanol–water partition coefficient (Wildman–Crippen LogP) is 5.27. The van der Waals surface area contributed by atoms with Crippen molar-refractivity contribution < 1.29 is 14.3 Å². The first kappa shape index (κ1) is 22.0. The lowest BCUT2D eigenvalue weighted by molar-refractivity contribution is -0.142. The van der Waals surface area contributed by atoms with E-state index in [2.05, 4.69) is 13.0 Å². The van der Waals surface area contributed by atoms with E-state index in [-0.39, 0.29) is 17.8 Å². The minimum atomic E-state index is -0.229. The molecule has 27 heavy (non-hydrogen) atoms. The number of hydrogen-bond acceptors (Lipinski definition) is 3. The fraction of sp³-hybridized carbons (Fsp3) is 0.826. The zero-order valence-corrected chi connectivity index (χ0v) is 17.5. The Hall–Kier alpha value is -1.32. The van der Waals surface area contributed by atoms with Crippen LogP contribution in [0.15, 0.2) is 11.6 Å². The second kappa shape index (κ2) is 12.2. The topological polar surface area (TPSA) is 46.6 Å². The van der Waals surface area contributed by atoms with Crippen LogP contribution in [0.3, 0.4) is 0 Å². The first-order valence-corrected chi connectivity index (χ1v) is 11.2. The molecule has 0 aromatic carbocycles. The van der Waals surface area contributed by atoms with Gasteiger partial charge in [-0.1, -0.05) is 37.8 Å². The Kier molecular flexibility index (Phi) is 9.93. The molecular weight excluding hydrogens is 338 g/mol. The van der Waals surface area contributed by atoms with Crippen LogP contribution < -0.4 is 0 Å². The second-order valence-corrected chi connectivity index (χ2v) is 8.37. The average molecular weight is 378 g/mol. The van der Waals surface area contributed by atoms with Crippen molar-refractivity contribution in [1.29, 1.82) is 0 Å². The smallest absolute Gasteiger partial charge is 0.307 e. The molecule has 0 bridgehead atoms. The summed E-state index contributed by atoms with van der Waals surface area (Å²) in [4.78, 5) is 26.7. The minimum absolute atomic E-state index is 0.154. The summed E-state index contributed by atoms with van der Waals surface area (Å²) in [6.45, 7) is 3.49. The Morgan fingerprint density at radius 1 is 1.15 bits per heavy atom. The fourth-order valence-corrected chi connectivity index (χ4v) is 4.52. The van der Waals surface area contributed by atoms with Gasteiger partial charge in [0.25, 0.3) is 0 Å². The first-order valence-electron chi connectivity index (χ1n) is 11.2. The van der Waals surface area contributed by atoms with Crippen molar-refractivity contribution in [3.8, 4) is 0 Å². The van der Waals surface area contributed by atoms with Crippen LogP contribution in [0.2, 0.25) is 0 Å². The van der Waals surface area contributed by atoms with Crippen molar-refractivity contribution in [2.24, 2.45) is 11.8 Å². The van der Waals surface area contributed by atoms with Crippen molar-refractivity contribution in [3.05, 3.63) is 11.6 Å². The summed E-state index contributed by atoms with van der Waals surface area (Å²) in [6.07, 6.45) is 16.8. The normalized spacial score (nSPS) is 22.8. The maximum atomic E-state index is 13.1. The van der Waals surface area contributed by atoms with Gasteiger partial charge in [-0.2, -0.15) is 0 Å². The molecule has 2 rings (SSSR count). The van der Waals surface area contributed by atoms with E-state index in [1.165, 1.54) is 70.5 Å². The minimum Gasteiger partial charge on any atom is -0.469 e. The quantitative estimate of drug-likeness (QED) is 0.385. The van der Waals surface area contributed by atoms with Gasteiger partial charge >= 0.3 is 5.97 Å². The molecule has 154 valence electrons. The van der Waals surface area contributed by atoms with E-state index in [0.29, 0.717) is 13.0 Å². The monoisotopic (exact) mass is 377 g/mol. The molecule has 1 saturated carbocycles. The van der Waals surface area contributed by atoms with Crippen LogP contribution in [0, 0.1) is 11.8 Å². The van der Waals surface area contributed by atoms with Gasteiger partial charge < -0.3 is 9.64 Å². The Morgan fingerprint density at radius 3 is 2.56 bits per heavy atom.